The number of rotatable bonds is 3. The Morgan fingerprint density at radius 1 is 1.35 bits per heavy atom. The van der Waals surface area contributed by atoms with E-state index in [1.54, 1.807) is 6.07 Å². The van der Waals surface area contributed by atoms with Crippen molar-refractivity contribution in [1.29, 1.82) is 0 Å². The smallest absolute Gasteiger partial charge is 0.223 e. The molecule has 20 heavy (non-hydrogen) atoms. The van der Waals surface area contributed by atoms with E-state index in [0.717, 1.165) is 16.9 Å². The number of nitrogens with one attached hydrogen (secondary N) is 1. The second kappa shape index (κ2) is 4.97. The van der Waals surface area contributed by atoms with Gasteiger partial charge in [-0.25, -0.2) is 9.97 Å². The molecule has 6 nitrogen and oxygen atoms in total. The van der Waals surface area contributed by atoms with E-state index in [0.29, 0.717) is 17.5 Å². The van der Waals surface area contributed by atoms with Crippen molar-refractivity contribution < 1.29 is 0 Å². The summed E-state index contributed by atoms with van der Waals surface area (Å²) in [6.07, 6.45) is 3.94. The lowest BCUT2D eigenvalue weighted by molar-refractivity contribution is 1.05. The molecule has 0 aliphatic heterocycles. The number of aromatic nitrogens is 4. The standard InChI is InChI=1S/C13H13ClN6/c1-8-3-2-4-20-7-9(17-12(8)20)6-16-11-5-10(14)18-13(15)19-11/h2-5,7H,6H2,1H3,(H3,15,16,18,19). The van der Waals surface area contributed by atoms with Crippen LogP contribution in [0.4, 0.5) is 11.8 Å². The fourth-order valence-corrected chi connectivity index (χ4v) is 2.19. The quantitative estimate of drug-likeness (QED) is 0.723. The van der Waals surface area contributed by atoms with Crippen LogP contribution in [0.25, 0.3) is 5.65 Å². The molecule has 0 amide bonds. The number of pyridine rings is 1. The predicted molar refractivity (Wildman–Crippen MR) is 78.7 cm³/mol. The van der Waals surface area contributed by atoms with E-state index >= 15 is 0 Å². The third-order valence-corrected chi connectivity index (χ3v) is 3.08. The van der Waals surface area contributed by atoms with Gasteiger partial charge in [0.1, 0.15) is 16.6 Å². The van der Waals surface area contributed by atoms with Gasteiger partial charge in [0.15, 0.2) is 0 Å². The van der Waals surface area contributed by atoms with Crippen LogP contribution < -0.4 is 11.1 Å². The number of anilines is 2. The molecule has 3 aromatic rings. The van der Waals surface area contributed by atoms with Crippen molar-refractivity contribution in [1.82, 2.24) is 19.4 Å². The highest BCUT2D eigenvalue weighted by molar-refractivity contribution is 6.29. The van der Waals surface area contributed by atoms with Gasteiger partial charge in [-0.1, -0.05) is 17.7 Å². The summed E-state index contributed by atoms with van der Waals surface area (Å²) in [6.45, 7) is 2.57. The molecule has 0 bridgehead atoms. The first-order chi connectivity index (χ1) is 9.61. The Morgan fingerprint density at radius 2 is 2.20 bits per heavy atom. The number of aryl methyl sites for hydroxylation is 1. The van der Waals surface area contributed by atoms with Crippen molar-refractivity contribution >= 4 is 29.0 Å². The molecule has 0 fully saturated rings. The molecule has 0 atom stereocenters. The average Bonchev–Trinajstić information content (AvgIpc) is 2.80. The minimum Gasteiger partial charge on any atom is -0.368 e. The first-order valence-electron chi connectivity index (χ1n) is 6.09. The number of halogens is 1. The highest BCUT2D eigenvalue weighted by Gasteiger charge is 2.05. The summed E-state index contributed by atoms with van der Waals surface area (Å²) >= 11 is 5.83. The van der Waals surface area contributed by atoms with Gasteiger partial charge in [0, 0.05) is 18.5 Å². The third-order valence-electron chi connectivity index (χ3n) is 2.89. The summed E-state index contributed by atoms with van der Waals surface area (Å²) in [5.74, 6) is 0.724. The van der Waals surface area contributed by atoms with Gasteiger partial charge in [0.05, 0.1) is 12.2 Å². The maximum Gasteiger partial charge on any atom is 0.223 e. The molecule has 0 aliphatic rings. The second-order valence-corrected chi connectivity index (χ2v) is 4.83. The van der Waals surface area contributed by atoms with Crippen molar-refractivity contribution in [3.63, 3.8) is 0 Å². The average molecular weight is 289 g/mol. The van der Waals surface area contributed by atoms with Crippen LogP contribution >= 0.6 is 11.6 Å². The van der Waals surface area contributed by atoms with Crippen molar-refractivity contribution in [3.8, 4) is 0 Å². The van der Waals surface area contributed by atoms with E-state index in [1.165, 1.54) is 0 Å². The van der Waals surface area contributed by atoms with Crippen molar-refractivity contribution in [2.75, 3.05) is 11.1 Å². The maximum absolute atomic E-state index is 5.83. The van der Waals surface area contributed by atoms with Crippen molar-refractivity contribution in [2.24, 2.45) is 0 Å². The molecule has 3 aromatic heterocycles. The normalized spacial score (nSPS) is 10.9. The lowest BCUT2D eigenvalue weighted by atomic mass is 10.3. The molecule has 0 saturated heterocycles. The SMILES string of the molecule is Cc1cccn2cc(CNc3cc(Cl)nc(N)n3)nc12. The van der Waals surface area contributed by atoms with Gasteiger partial charge < -0.3 is 15.5 Å². The van der Waals surface area contributed by atoms with Crippen LogP contribution in [0.3, 0.4) is 0 Å². The fraction of sp³-hybridized carbons (Fsp3) is 0.154. The lowest BCUT2D eigenvalue weighted by Crippen LogP contribution is -2.04. The number of hydrogen-bond acceptors (Lipinski definition) is 5. The topological polar surface area (TPSA) is 81.1 Å². The highest BCUT2D eigenvalue weighted by atomic mass is 35.5. The summed E-state index contributed by atoms with van der Waals surface area (Å²) in [5.41, 5.74) is 8.53. The minimum absolute atomic E-state index is 0.144. The van der Waals surface area contributed by atoms with Crippen LogP contribution in [0.1, 0.15) is 11.3 Å². The predicted octanol–water partition coefficient (Wildman–Crippen LogP) is 2.28. The van der Waals surface area contributed by atoms with Crippen LogP contribution in [0.15, 0.2) is 30.6 Å². The zero-order valence-electron chi connectivity index (χ0n) is 10.8. The molecule has 0 aromatic carbocycles. The fourth-order valence-electron chi connectivity index (χ4n) is 2.00. The Morgan fingerprint density at radius 3 is 2.95 bits per heavy atom. The van der Waals surface area contributed by atoms with E-state index in [1.807, 2.05) is 35.9 Å². The summed E-state index contributed by atoms with van der Waals surface area (Å²) in [6, 6.07) is 5.65. The summed E-state index contributed by atoms with van der Waals surface area (Å²) < 4.78 is 1.99. The molecule has 0 radical (unpaired) electrons. The number of nitrogens with two attached hydrogens (primary N) is 1. The van der Waals surface area contributed by atoms with Crippen LogP contribution in [-0.2, 0) is 6.54 Å². The Balaban J connectivity index is 1.81. The number of nitrogen functional groups attached to an aromatic ring is 1. The van der Waals surface area contributed by atoms with Gasteiger partial charge in [-0.05, 0) is 18.6 Å². The van der Waals surface area contributed by atoms with Gasteiger partial charge >= 0.3 is 0 Å². The molecule has 102 valence electrons. The Kier molecular flexibility index (Phi) is 3.15. The Bertz CT molecular complexity index is 746. The minimum atomic E-state index is 0.144. The van der Waals surface area contributed by atoms with Gasteiger partial charge in [0.2, 0.25) is 5.95 Å². The Labute approximate surface area is 120 Å². The number of imidazole rings is 1. The van der Waals surface area contributed by atoms with E-state index in [9.17, 15) is 0 Å². The van der Waals surface area contributed by atoms with Gasteiger partial charge in [-0.2, -0.15) is 4.98 Å². The van der Waals surface area contributed by atoms with E-state index in [2.05, 4.69) is 20.3 Å². The van der Waals surface area contributed by atoms with E-state index in [-0.39, 0.29) is 5.95 Å². The molecule has 0 unspecified atom stereocenters. The molecular formula is C13H13ClN6. The monoisotopic (exact) mass is 288 g/mol. The number of hydrogen-bond donors (Lipinski definition) is 2. The molecule has 0 aliphatic carbocycles. The maximum atomic E-state index is 5.83. The van der Waals surface area contributed by atoms with Gasteiger partial charge in [0.25, 0.3) is 0 Å². The van der Waals surface area contributed by atoms with Crippen LogP contribution in [-0.4, -0.2) is 19.4 Å². The summed E-state index contributed by atoms with van der Waals surface area (Å²) in [4.78, 5) is 12.4. The van der Waals surface area contributed by atoms with Crippen molar-refractivity contribution in [2.45, 2.75) is 13.5 Å². The summed E-state index contributed by atoms with van der Waals surface area (Å²) in [7, 11) is 0. The zero-order valence-corrected chi connectivity index (χ0v) is 11.6. The molecule has 0 spiro atoms. The molecule has 3 heterocycles. The number of fused-ring (bicyclic) bond motifs is 1. The van der Waals surface area contributed by atoms with Crippen LogP contribution in [0.5, 0.6) is 0 Å². The van der Waals surface area contributed by atoms with Gasteiger partial charge in [-0.15, -0.1) is 0 Å². The van der Waals surface area contributed by atoms with E-state index < -0.39 is 0 Å². The molecule has 0 saturated carbocycles. The first-order valence-corrected chi connectivity index (χ1v) is 6.47. The lowest BCUT2D eigenvalue weighted by Gasteiger charge is -2.04. The first kappa shape index (κ1) is 12.7. The molecule has 3 rings (SSSR count). The Hall–Kier alpha value is -2.34. The van der Waals surface area contributed by atoms with Gasteiger partial charge in [-0.3, -0.25) is 0 Å². The zero-order chi connectivity index (χ0) is 14.1. The molecule has 3 N–H and O–H groups in total. The van der Waals surface area contributed by atoms with E-state index in [4.69, 9.17) is 17.3 Å². The van der Waals surface area contributed by atoms with Crippen LogP contribution in [0, 0.1) is 6.92 Å². The summed E-state index contributed by atoms with van der Waals surface area (Å²) in [5, 5.41) is 3.44. The molecular weight excluding hydrogens is 276 g/mol. The molecule has 7 heteroatoms. The number of nitrogens with zero attached hydrogens (tertiary/aromatic N) is 4. The van der Waals surface area contributed by atoms with Crippen molar-refractivity contribution in [3.05, 3.63) is 47.0 Å². The highest BCUT2D eigenvalue weighted by Crippen LogP contribution is 2.14. The second-order valence-electron chi connectivity index (χ2n) is 4.44. The third kappa shape index (κ3) is 2.50. The van der Waals surface area contributed by atoms with Crippen LogP contribution in [0.2, 0.25) is 5.15 Å². The largest absolute Gasteiger partial charge is 0.368 e.